The third-order valence-corrected chi connectivity index (χ3v) is 5.07. The van der Waals surface area contributed by atoms with Gasteiger partial charge in [0.15, 0.2) is 0 Å². The topological polar surface area (TPSA) is 60.8 Å². The SMILES string of the molecule is Cc1ccc(C2(CCO)CCN(C(=O)c3ccccc3)C2)cc1O. The Bertz CT molecular complexity index is 729. The van der Waals surface area contributed by atoms with Crippen molar-refractivity contribution >= 4 is 5.91 Å². The fourth-order valence-corrected chi connectivity index (χ4v) is 3.55. The molecule has 1 atom stereocenters. The van der Waals surface area contributed by atoms with E-state index in [0.29, 0.717) is 25.1 Å². The van der Waals surface area contributed by atoms with E-state index in [9.17, 15) is 15.0 Å². The van der Waals surface area contributed by atoms with Crippen molar-refractivity contribution in [2.45, 2.75) is 25.2 Å². The van der Waals surface area contributed by atoms with E-state index < -0.39 is 0 Å². The number of benzene rings is 2. The van der Waals surface area contributed by atoms with E-state index in [-0.39, 0.29) is 23.7 Å². The maximum atomic E-state index is 12.7. The lowest BCUT2D eigenvalue weighted by molar-refractivity contribution is 0.0779. The van der Waals surface area contributed by atoms with Crippen LogP contribution in [0.1, 0.15) is 34.3 Å². The number of likely N-dealkylation sites (tertiary alicyclic amines) is 1. The van der Waals surface area contributed by atoms with E-state index in [1.807, 2.05) is 54.3 Å². The molecule has 0 spiro atoms. The first kappa shape index (κ1) is 16.5. The number of carbonyl (C=O) groups is 1. The zero-order valence-corrected chi connectivity index (χ0v) is 13.9. The number of aromatic hydroxyl groups is 1. The largest absolute Gasteiger partial charge is 0.508 e. The molecule has 0 bridgehead atoms. The zero-order chi connectivity index (χ0) is 17.2. The number of aliphatic hydroxyl groups excluding tert-OH is 1. The van der Waals surface area contributed by atoms with Gasteiger partial charge >= 0.3 is 0 Å². The second-order valence-electron chi connectivity index (χ2n) is 6.60. The van der Waals surface area contributed by atoms with Crippen LogP contribution in [-0.2, 0) is 5.41 Å². The highest BCUT2D eigenvalue weighted by Gasteiger charge is 2.41. The zero-order valence-electron chi connectivity index (χ0n) is 13.9. The van der Waals surface area contributed by atoms with Crippen molar-refractivity contribution in [3.05, 3.63) is 65.2 Å². The number of carbonyl (C=O) groups excluding carboxylic acids is 1. The van der Waals surface area contributed by atoms with Crippen LogP contribution in [0.4, 0.5) is 0 Å². The van der Waals surface area contributed by atoms with Crippen molar-refractivity contribution in [1.29, 1.82) is 0 Å². The standard InChI is InChI=1S/C20H23NO3/c1-15-7-8-17(13-18(15)23)20(10-12-22)9-11-21(14-20)19(24)16-5-3-2-4-6-16/h2-8,13,22-23H,9-12,14H2,1H3. The Morgan fingerprint density at radius 1 is 1.21 bits per heavy atom. The van der Waals surface area contributed by atoms with Crippen molar-refractivity contribution in [2.24, 2.45) is 0 Å². The molecular weight excluding hydrogens is 302 g/mol. The highest BCUT2D eigenvalue weighted by molar-refractivity contribution is 5.94. The van der Waals surface area contributed by atoms with Gasteiger partial charge in [-0.15, -0.1) is 0 Å². The minimum absolute atomic E-state index is 0.0201. The first-order valence-corrected chi connectivity index (χ1v) is 8.31. The number of nitrogens with zero attached hydrogens (tertiary/aromatic N) is 1. The van der Waals surface area contributed by atoms with E-state index >= 15 is 0 Å². The molecule has 1 heterocycles. The fourth-order valence-electron chi connectivity index (χ4n) is 3.55. The maximum Gasteiger partial charge on any atom is 0.253 e. The summed E-state index contributed by atoms with van der Waals surface area (Å²) in [5.41, 5.74) is 2.20. The van der Waals surface area contributed by atoms with Gasteiger partial charge in [-0.25, -0.2) is 0 Å². The number of amides is 1. The van der Waals surface area contributed by atoms with Crippen LogP contribution in [-0.4, -0.2) is 40.7 Å². The number of phenolic OH excluding ortho intramolecular Hbond substituents is 1. The molecule has 0 aromatic heterocycles. The quantitative estimate of drug-likeness (QED) is 0.909. The van der Waals surface area contributed by atoms with E-state index in [4.69, 9.17) is 0 Å². The van der Waals surface area contributed by atoms with Gasteiger partial charge in [0, 0.05) is 30.7 Å². The lowest BCUT2D eigenvalue weighted by Crippen LogP contribution is -2.35. The van der Waals surface area contributed by atoms with Crippen LogP contribution in [0.5, 0.6) is 5.75 Å². The van der Waals surface area contributed by atoms with Crippen molar-refractivity contribution in [1.82, 2.24) is 4.90 Å². The molecule has 1 aliphatic heterocycles. The molecule has 2 aromatic rings. The summed E-state index contributed by atoms with van der Waals surface area (Å²) in [6, 6.07) is 14.9. The normalized spacial score (nSPS) is 20.3. The van der Waals surface area contributed by atoms with E-state index in [1.165, 1.54) is 0 Å². The lowest BCUT2D eigenvalue weighted by Gasteiger charge is -2.30. The first-order valence-electron chi connectivity index (χ1n) is 8.31. The van der Waals surface area contributed by atoms with Crippen LogP contribution in [0, 0.1) is 6.92 Å². The smallest absolute Gasteiger partial charge is 0.253 e. The molecular formula is C20H23NO3. The van der Waals surface area contributed by atoms with E-state index in [2.05, 4.69) is 0 Å². The molecule has 2 aromatic carbocycles. The summed E-state index contributed by atoms with van der Waals surface area (Å²) in [4.78, 5) is 14.6. The van der Waals surface area contributed by atoms with Crippen LogP contribution < -0.4 is 0 Å². The average Bonchev–Trinajstić information content (AvgIpc) is 3.03. The average molecular weight is 325 g/mol. The van der Waals surface area contributed by atoms with Gasteiger partial charge in [0.2, 0.25) is 0 Å². The van der Waals surface area contributed by atoms with Crippen LogP contribution in [0.3, 0.4) is 0 Å². The highest BCUT2D eigenvalue weighted by atomic mass is 16.3. The molecule has 126 valence electrons. The van der Waals surface area contributed by atoms with Crippen LogP contribution in [0.2, 0.25) is 0 Å². The summed E-state index contributed by atoms with van der Waals surface area (Å²) < 4.78 is 0. The fraction of sp³-hybridized carbons (Fsp3) is 0.350. The number of hydrogen-bond donors (Lipinski definition) is 2. The highest BCUT2D eigenvalue weighted by Crippen LogP contribution is 2.39. The molecule has 0 aliphatic carbocycles. The predicted octanol–water partition coefficient (Wildman–Crippen LogP) is 2.87. The summed E-state index contributed by atoms with van der Waals surface area (Å²) in [7, 11) is 0. The molecule has 0 radical (unpaired) electrons. The van der Waals surface area contributed by atoms with Gasteiger partial charge < -0.3 is 15.1 Å². The third-order valence-electron chi connectivity index (χ3n) is 5.07. The molecule has 1 amide bonds. The molecule has 0 saturated carbocycles. The summed E-state index contributed by atoms with van der Waals surface area (Å²) in [6.45, 7) is 3.13. The minimum atomic E-state index is -0.301. The van der Waals surface area contributed by atoms with Crippen molar-refractivity contribution in [2.75, 3.05) is 19.7 Å². The number of phenols is 1. The molecule has 1 aliphatic rings. The molecule has 24 heavy (non-hydrogen) atoms. The minimum Gasteiger partial charge on any atom is -0.508 e. The Balaban J connectivity index is 1.87. The van der Waals surface area contributed by atoms with Crippen LogP contribution in [0.15, 0.2) is 48.5 Å². The number of aliphatic hydroxyl groups is 1. The van der Waals surface area contributed by atoms with Gasteiger partial charge in [0.05, 0.1) is 0 Å². The van der Waals surface area contributed by atoms with Crippen LogP contribution >= 0.6 is 0 Å². The van der Waals surface area contributed by atoms with Gasteiger partial charge in [0.1, 0.15) is 5.75 Å². The summed E-state index contributed by atoms with van der Waals surface area (Å²) in [6.07, 6.45) is 1.36. The maximum absolute atomic E-state index is 12.7. The number of rotatable bonds is 4. The van der Waals surface area contributed by atoms with Gasteiger partial charge in [-0.2, -0.15) is 0 Å². The summed E-state index contributed by atoms with van der Waals surface area (Å²) in [5.74, 6) is 0.282. The predicted molar refractivity (Wildman–Crippen MR) is 93.2 cm³/mol. The monoisotopic (exact) mass is 325 g/mol. The molecule has 4 heteroatoms. The Morgan fingerprint density at radius 3 is 2.62 bits per heavy atom. The number of hydrogen-bond acceptors (Lipinski definition) is 3. The van der Waals surface area contributed by atoms with Crippen molar-refractivity contribution in [3.8, 4) is 5.75 Å². The molecule has 2 N–H and O–H groups in total. The number of aryl methyl sites for hydroxylation is 1. The van der Waals surface area contributed by atoms with Gasteiger partial charge in [-0.05, 0) is 49.1 Å². The van der Waals surface area contributed by atoms with Gasteiger partial charge in [-0.3, -0.25) is 4.79 Å². The lowest BCUT2D eigenvalue weighted by atomic mass is 9.76. The van der Waals surface area contributed by atoms with Crippen molar-refractivity contribution in [3.63, 3.8) is 0 Å². The molecule has 1 unspecified atom stereocenters. The molecule has 3 rings (SSSR count). The van der Waals surface area contributed by atoms with Crippen molar-refractivity contribution < 1.29 is 15.0 Å². The summed E-state index contributed by atoms with van der Waals surface area (Å²) >= 11 is 0. The van der Waals surface area contributed by atoms with E-state index in [1.54, 1.807) is 6.07 Å². The van der Waals surface area contributed by atoms with E-state index in [0.717, 1.165) is 17.5 Å². The Hall–Kier alpha value is -2.33. The summed E-state index contributed by atoms with van der Waals surface area (Å²) in [5, 5.41) is 19.6. The third kappa shape index (κ3) is 3.02. The Kier molecular flexibility index (Phi) is 4.58. The Morgan fingerprint density at radius 2 is 1.96 bits per heavy atom. The second-order valence-corrected chi connectivity index (χ2v) is 6.60. The molecule has 1 fully saturated rings. The second kappa shape index (κ2) is 6.65. The first-order chi connectivity index (χ1) is 11.6. The van der Waals surface area contributed by atoms with Gasteiger partial charge in [0.25, 0.3) is 5.91 Å². The molecule has 4 nitrogen and oxygen atoms in total. The Labute approximate surface area is 142 Å². The molecule has 1 saturated heterocycles. The van der Waals surface area contributed by atoms with Gasteiger partial charge in [-0.1, -0.05) is 30.3 Å². The van der Waals surface area contributed by atoms with Crippen LogP contribution in [0.25, 0.3) is 0 Å².